The molecule has 2 aromatic heterocycles. The molecule has 0 saturated carbocycles. The summed E-state index contributed by atoms with van der Waals surface area (Å²) in [5.74, 6) is 1.31. The van der Waals surface area contributed by atoms with Gasteiger partial charge in [0.15, 0.2) is 0 Å². The molecule has 3 aromatic rings. The largest absolute Gasteiger partial charge is 0.486 e. The number of fused-ring (bicyclic) bond motifs is 1. The molecule has 2 aliphatic rings. The molecule has 1 aromatic carbocycles. The minimum absolute atomic E-state index is 0.0731. The van der Waals surface area contributed by atoms with Gasteiger partial charge in [-0.1, -0.05) is 24.1 Å². The number of thiophene rings is 1. The highest BCUT2D eigenvalue weighted by Gasteiger charge is 2.25. The van der Waals surface area contributed by atoms with E-state index in [4.69, 9.17) is 16.3 Å². The predicted molar refractivity (Wildman–Crippen MR) is 165 cm³/mol. The summed E-state index contributed by atoms with van der Waals surface area (Å²) in [4.78, 5) is 35.3. The Balaban J connectivity index is 1.23. The molecular weight excluding hydrogens is 558 g/mol. The topological polar surface area (TPSA) is 95.3 Å². The van der Waals surface area contributed by atoms with Crippen molar-refractivity contribution in [3.05, 3.63) is 81.0 Å². The molecule has 4 heterocycles. The number of piperidine rings is 1. The van der Waals surface area contributed by atoms with Gasteiger partial charge in [-0.15, -0.1) is 11.3 Å². The minimum Gasteiger partial charge on any atom is -0.486 e. The van der Waals surface area contributed by atoms with E-state index in [1.165, 1.54) is 36.0 Å². The van der Waals surface area contributed by atoms with Crippen LogP contribution in [0.25, 0.3) is 0 Å². The number of ether oxygens (including phenoxy) is 1. The number of hydrogen-bond acceptors (Lipinski definition) is 7. The SMILES string of the molecule is CN=CN=C(Nc1ccc(OCc2cnccn2)c(Cl)c1)c1csc2c1CCN(C(=O)/C=C/CN1CCCCC1)C2. The van der Waals surface area contributed by atoms with Crippen LogP contribution < -0.4 is 10.1 Å². The van der Waals surface area contributed by atoms with Crippen LogP contribution in [0.1, 0.15) is 41.0 Å². The van der Waals surface area contributed by atoms with E-state index in [1.807, 2.05) is 29.2 Å². The molecule has 0 spiro atoms. The zero-order valence-corrected chi connectivity index (χ0v) is 24.7. The standard InChI is InChI=1S/C30H34ClN7O2S/c1-32-21-35-30(36-22-7-8-27(26(31)16-22)40-19-23-17-33-10-11-34-23)25-20-41-28-18-38(15-9-24(25)28)29(39)6-5-14-37-12-3-2-4-13-37/h5-8,10-11,16-17,20-21H,2-4,9,12-15,18-19H2,1H3,(H,32,35,36)/b6-5+. The van der Waals surface area contributed by atoms with Gasteiger partial charge in [0.05, 0.1) is 23.5 Å². The molecule has 0 atom stereocenters. The minimum atomic E-state index is 0.0731. The number of aliphatic imine (C=N–C) groups is 2. The summed E-state index contributed by atoms with van der Waals surface area (Å²) in [6.07, 6.45) is 14.8. The summed E-state index contributed by atoms with van der Waals surface area (Å²) < 4.78 is 5.83. The first kappa shape index (κ1) is 28.9. The number of amides is 1. The normalized spacial score (nSPS) is 16.3. The molecule has 5 rings (SSSR count). The number of likely N-dealkylation sites (tertiary alicyclic amines) is 1. The van der Waals surface area contributed by atoms with Gasteiger partial charge < -0.3 is 15.0 Å². The van der Waals surface area contributed by atoms with E-state index < -0.39 is 0 Å². The van der Waals surface area contributed by atoms with E-state index in [-0.39, 0.29) is 12.5 Å². The number of rotatable bonds is 9. The van der Waals surface area contributed by atoms with Crippen LogP contribution in [0.15, 0.2) is 64.3 Å². The Kier molecular flexibility index (Phi) is 10.1. The first-order chi connectivity index (χ1) is 20.1. The summed E-state index contributed by atoms with van der Waals surface area (Å²) in [6.45, 7) is 4.64. The van der Waals surface area contributed by atoms with Crippen molar-refractivity contribution in [2.75, 3.05) is 38.5 Å². The smallest absolute Gasteiger partial charge is 0.246 e. The Morgan fingerprint density at radius 1 is 1.22 bits per heavy atom. The summed E-state index contributed by atoms with van der Waals surface area (Å²) in [5.41, 5.74) is 3.71. The fourth-order valence-corrected chi connectivity index (χ4v) is 6.27. The number of hydrogen-bond donors (Lipinski definition) is 1. The molecule has 0 radical (unpaired) electrons. The number of carbonyl (C=O) groups is 1. The van der Waals surface area contributed by atoms with E-state index in [0.717, 1.165) is 43.0 Å². The molecule has 41 heavy (non-hydrogen) atoms. The highest BCUT2D eigenvalue weighted by molar-refractivity contribution is 7.10. The zero-order valence-electron chi connectivity index (χ0n) is 23.1. The monoisotopic (exact) mass is 591 g/mol. The van der Waals surface area contributed by atoms with Crippen molar-refractivity contribution >= 4 is 46.7 Å². The molecule has 0 aliphatic carbocycles. The van der Waals surface area contributed by atoms with Crippen LogP contribution >= 0.6 is 22.9 Å². The highest BCUT2D eigenvalue weighted by atomic mass is 35.5. The third kappa shape index (κ3) is 7.78. The molecule has 9 nitrogen and oxygen atoms in total. The Morgan fingerprint density at radius 2 is 2.10 bits per heavy atom. The van der Waals surface area contributed by atoms with Gasteiger partial charge in [-0.05, 0) is 56.1 Å². The number of carbonyl (C=O) groups excluding carboxylic acids is 1. The van der Waals surface area contributed by atoms with Gasteiger partial charge in [0.1, 0.15) is 24.5 Å². The average Bonchev–Trinajstić information content (AvgIpc) is 3.43. The molecule has 0 bridgehead atoms. The lowest BCUT2D eigenvalue weighted by Crippen LogP contribution is -2.35. The average molecular weight is 592 g/mol. The highest BCUT2D eigenvalue weighted by Crippen LogP contribution is 2.32. The predicted octanol–water partition coefficient (Wildman–Crippen LogP) is 5.21. The van der Waals surface area contributed by atoms with Crippen LogP contribution in [0.2, 0.25) is 5.02 Å². The van der Waals surface area contributed by atoms with Crippen molar-refractivity contribution in [3.8, 4) is 5.75 Å². The molecule has 11 heteroatoms. The van der Waals surface area contributed by atoms with E-state index >= 15 is 0 Å². The summed E-state index contributed by atoms with van der Waals surface area (Å²) in [5, 5.41) is 5.97. The Labute approximate surface area is 249 Å². The summed E-state index contributed by atoms with van der Waals surface area (Å²) >= 11 is 8.19. The lowest BCUT2D eigenvalue weighted by molar-refractivity contribution is -0.126. The Hall–Kier alpha value is -3.60. The van der Waals surface area contributed by atoms with Gasteiger partial charge in [0.2, 0.25) is 5.91 Å². The third-order valence-electron chi connectivity index (χ3n) is 7.08. The number of anilines is 1. The van der Waals surface area contributed by atoms with Crippen LogP contribution in [-0.2, 0) is 24.4 Å². The second-order valence-electron chi connectivity index (χ2n) is 9.93. The van der Waals surface area contributed by atoms with Gasteiger partial charge in [-0.3, -0.25) is 24.7 Å². The van der Waals surface area contributed by atoms with E-state index in [2.05, 4.69) is 35.5 Å². The number of amidine groups is 1. The zero-order chi connectivity index (χ0) is 28.4. The molecule has 1 saturated heterocycles. The molecule has 1 amide bonds. The fraction of sp³-hybridized carbons (Fsp3) is 0.367. The number of benzene rings is 1. The van der Waals surface area contributed by atoms with Crippen molar-refractivity contribution in [2.24, 2.45) is 9.98 Å². The molecule has 214 valence electrons. The first-order valence-corrected chi connectivity index (χ1v) is 15.1. The van der Waals surface area contributed by atoms with Crippen LogP contribution in [0.3, 0.4) is 0 Å². The molecule has 2 aliphatic heterocycles. The fourth-order valence-electron chi connectivity index (χ4n) is 4.94. The van der Waals surface area contributed by atoms with Crippen molar-refractivity contribution in [2.45, 2.75) is 38.8 Å². The maximum absolute atomic E-state index is 12.9. The van der Waals surface area contributed by atoms with Crippen molar-refractivity contribution in [3.63, 3.8) is 0 Å². The lowest BCUT2D eigenvalue weighted by atomic mass is 10.0. The number of nitrogens with zero attached hydrogens (tertiary/aromatic N) is 6. The van der Waals surface area contributed by atoms with Gasteiger partial charge in [0, 0.05) is 60.1 Å². The maximum Gasteiger partial charge on any atom is 0.246 e. The van der Waals surface area contributed by atoms with Gasteiger partial charge in [-0.25, -0.2) is 4.99 Å². The van der Waals surface area contributed by atoms with E-state index in [9.17, 15) is 4.79 Å². The first-order valence-electron chi connectivity index (χ1n) is 13.8. The van der Waals surface area contributed by atoms with Crippen LogP contribution in [0.5, 0.6) is 5.75 Å². The third-order valence-corrected chi connectivity index (χ3v) is 8.38. The van der Waals surface area contributed by atoms with Crippen LogP contribution in [-0.4, -0.2) is 71.1 Å². The van der Waals surface area contributed by atoms with Crippen molar-refractivity contribution in [1.29, 1.82) is 0 Å². The summed E-state index contributed by atoms with van der Waals surface area (Å²) in [6, 6.07) is 5.52. The molecule has 1 N–H and O–H groups in total. The van der Waals surface area contributed by atoms with Crippen LogP contribution in [0.4, 0.5) is 5.69 Å². The Bertz CT molecular complexity index is 1420. The molecule has 1 fully saturated rings. The van der Waals surface area contributed by atoms with Gasteiger partial charge >= 0.3 is 0 Å². The number of nitrogens with one attached hydrogen (secondary N) is 1. The van der Waals surface area contributed by atoms with E-state index in [1.54, 1.807) is 43.1 Å². The van der Waals surface area contributed by atoms with E-state index in [0.29, 0.717) is 29.7 Å². The molecule has 0 unspecified atom stereocenters. The molecular formula is C30H34ClN7O2S. The lowest BCUT2D eigenvalue weighted by Gasteiger charge is -2.27. The van der Waals surface area contributed by atoms with Gasteiger partial charge in [-0.2, -0.15) is 0 Å². The quantitative estimate of drug-likeness (QED) is 0.208. The second-order valence-corrected chi connectivity index (χ2v) is 11.3. The van der Waals surface area contributed by atoms with Gasteiger partial charge in [0.25, 0.3) is 0 Å². The summed E-state index contributed by atoms with van der Waals surface area (Å²) in [7, 11) is 1.69. The van der Waals surface area contributed by atoms with Crippen molar-refractivity contribution < 1.29 is 9.53 Å². The maximum atomic E-state index is 12.9. The van der Waals surface area contributed by atoms with Crippen LogP contribution in [0, 0.1) is 0 Å². The number of aromatic nitrogens is 2. The Morgan fingerprint density at radius 3 is 2.88 bits per heavy atom. The number of halogens is 1. The van der Waals surface area contributed by atoms with Crippen molar-refractivity contribution in [1.82, 2.24) is 19.8 Å². The second kappa shape index (κ2) is 14.3.